The summed E-state index contributed by atoms with van der Waals surface area (Å²) in [7, 11) is 1.67. The van der Waals surface area contributed by atoms with Gasteiger partial charge in [0.25, 0.3) is 5.56 Å². The fraction of sp³-hybridized carbons (Fsp3) is 0.409. The first-order valence-corrected chi connectivity index (χ1v) is 10.9. The van der Waals surface area contributed by atoms with Crippen LogP contribution in [0.1, 0.15) is 16.9 Å². The minimum Gasteiger partial charge on any atom is -0.495 e. The number of aryl methyl sites for hydroxylation is 3. The van der Waals surface area contributed by atoms with Gasteiger partial charge in [-0.15, -0.1) is 11.3 Å². The molecule has 2 aromatic heterocycles. The number of amides is 1. The molecule has 0 spiro atoms. The average molecular weight is 427 g/mol. The van der Waals surface area contributed by atoms with E-state index in [9.17, 15) is 9.59 Å². The van der Waals surface area contributed by atoms with E-state index in [0.717, 1.165) is 39.8 Å². The van der Waals surface area contributed by atoms with Crippen molar-refractivity contribution in [1.29, 1.82) is 0 Å². The Morgan fingerprint density at radius 1 is 1.17 bits per heavy atom. The number of aromatic nitrogens is 2. The standard InChI is InChI=1S/C22H26N4O3S/c1-15-16(2)30-21-20(15)22(28)26(14-23-21)9-8-19(27)25-12-10-24(11-13-25)17-6-4-5-7-18(17)29-3/h4-7,14H,8-13H2,1-3H3. The van der Waals surface area contributed by atoms with Crippen LogP contribution >= 0.6 is 11.3 Å². The van der Waals surface area contributed by atoms with Crippen LogP contribution in [-0.4, -0.2) is 53.6 Å². The first-order valence-electron chi connectivity index (χ1n) is 10.1. The van der Waals surface area contributed by atoms with Gasteiger partial charge in [-0.3, -0.25) is 14.2 Å². The lowest BCUT2D eigenvalue weighted by molar-refractivity contribution is -0.131. The van der Waals surface area contributed by atoms with Gasteiger partial charge >= 0.3 is 0 Å². The molecule has 0 N–H and O–H groups in total. The second-order valence-electron chi connectivity index (χ2n) is 7.50. The molecule has 0 bridgehead atoms. The smallest absolute Gasteiger partial charge is 0.262 e. The van der Waals surface area contributed by atoms with E-state index >= 15 is 0 Å². The van der Waals surface area contributed by atoms with Crippen molar-refractivity contribution in [2.45, 2.75) is 26.8 Å². The van der Waals surface area contributed by atoms with Crippen molar-refractivity contribution in [3.63, 3.8) is 0 Å². The number of methoxy groups -OCH3 is 1. The van der Waals surface area contributed by atoms with Crippen molar-refractivity contribution in [3.8, 4) is 5.75 Å². The van der Waals surface area contributed by atoms with Crippen LogP contribution in [0.2, 0.25) is 0 Å². The van der Waals surface area contributed by atoms with Crippen LogP contribution in [0, 0.1) is 13.8 Å². The summed E-state index contributed by atoms with van der Waals surface area (Å²) in [5.74, 6) is 0.915. The molecule has 1 aliphatic heterocycles. The fourth-order valence-corrected chi connectivity index (χ4v) is 4.88. The van der Waals surface area contributed by atoms with E-state index in [0.29, 0.717) is 31.4 Å². The molecule has 8 heteroatoms. The minimum absolute atomic E-state index is 0.0596. The Hall–Kier alpha value is -2.87. The molecule has 0 atom stereocenters. The summed E-state index contributed by atoms with van der Waals surface area (Å²) in [6.45, 7) is 7.13. The molecule has 3 heterocycles. The third kappa shape index (κ3) is 3.79. The van der Waals surface area contributed by atoms with Crippen LogP contribution in [0.15, 0.2) is 35.4 Å². The van der Waals surface area contributed by atoms with Gasteiger partial charge in [-0.05, 0) is 31.5 Å². The van der Waals surface area contributed by atoms with Crippen molar-refractivity contribution in [1.82, 2.24) is 14.5 Å². The van der Waals surface area contributed by atoms with Crippen LogP contribution in [0.3, 0.4) is 0 Å². The maximum Gasteiger partial charge on any atom is 0.262 e. The molecular weight excluding hydrogens is 400 g/mol. The SMILES string of the molecule is COc1ccccc1N1CCN(C(=O)CCn2cnc3sc(C)c(C)c3c2=O)CC1. The van der Waals surface area contributed by atoms with E-state index in [1.807, 2.05) is 43.0 Å². The highest BCUT2D eigenvalue weighted by atomic mass is 32.1. The molecule has 3 aromatic rings. The fourth-order valence-electron chi connectivity index (χ4n) is 3.89. The zero-order valence-corrected chi connectivity index (χ0v) is 18.4. The van der Waals surface area contributed by atoms with Crippen LogP contribution in [-0.2, 0) is 11.3 Å². The van der Waals surface area contributed by atoms with E-state index in [-0.39, 0.29) is 11.5 Å². The number of hydrogen-bond donors (Lipinski definition) is 0. The predicted octanol–water partition coefficient (Wildman–Crippen LogP) is 2.82. The van der Waals surface area contributed by atoms with Gasteiger partial charge in [-0.2, -0.15) is 0 Å². The quantitative estimate of drug-likeness (QED) is 0.628. The first-order chi connectivity index (χ1) is 14.5. The Balaban J connectivity index is 1.38. The van der Waals surface area contributed by atoms with Gasteiger partial charge in [0.1, 0.15) is 10.6 Å². The van der Waals surface area contributed by atoms with Gasteiger partial charge < -0.3 is 14.5 Å². The summed E-state index contributed by atoms with van der Waals surface area (Å²) >= 11 is 1.54. The third-order valence-corrected chi connectivity index (χ3v) is 6.90. The normalized spacial score (nSPS) is 14.4. The molecule has 1 aliphatic rings. The van der Waals surface area contributed by atoms with E-state index < -0.39 is 0 Å². The number of rotatable bonds is 5. The Labute approximate surface area is 179 Å². The number of para-hydroxylation sites is 2. The predicted molar refractivity (Wildman–Crippen MR) is 120 cm³/mol. The summed E-state index contributed by atoms with van der Waals surface area (Å²) in [5, 5.41) is 0.679. The van der Waals surface area contributed by atoms with Gasteiger partial charge in [0.15, 0.2) is 0 Å². The monoisotopic (exact) mass is 426 g/mol. The summed E-state index contributed by atoms with van der Waals surface area (Å²) < 4.78 is 7.01. The zero-order valence-electron chi connectivity index (χ0n) is 17.6. The third-order valence-electron chi connectivity index (χ3n) is 5.78. The van der Waals surface area contributed by atoms with E-state index in [2.05, 4.69) is 9.88 Å². The maximum atomic E-state index is 12.8. The number of thiophene rings is 1. The number of fused-ring (bicyclic) bond motifs is 1. The lowest BCUT2D eigenvalue weighted by Gasteiger charge is -2.36. The number of nitrogens with zero attached hydrogens (tertiary/aromatic N) is 4. The Kier molecular flexibility index (Phi) is 5.76. The topological polar surface area (TPSA) is 67.7 Å². The maximum absolute atomic E-state index is 12.8. The van der Waals surface area contributed by atoms with Crippen molar-refractivity contribution >= 4 is 33.1 Å². The molecule has 1 amide bonds. The molecule has 158 valence electrons. The van der Waals surface area contributed by atoms with Crippen LogP contribution in [0.25, 0.3) is 10.2 Å². The number of anilines is 1. The number of hydrogen-bond acceptors (Lipinski definition) is 6. The molecule has 1 saturated heterocycles. The molecular formula is C22H26N4O3S. The highest BCUT2D eigenvalue weighted by Gasteiger charge is 2.23. The number of carbonyl (C=O) groups is 1. The number of ether oxygens (including phenoxy) is 1. The Morgan fingerprint density at radius 3 is 2.63 bits per heavy atom. The molecule has 0 aliphatic carbocycles. The summed E-state index contributed by atoms with van der Waals surface area (Å²) in [6, 6.07) is 7.94. The molecule has 1 aromatic carbocycles. The van der Waals surface area contributed by atoms with Crippen LogP contribution < -0.4 is 15.2 Å². The molecule has 1 fully saturated rings. The van der Waals surface area contributed by atoms with Crippen molar-refractivity contribution in [3.05, 3.63) is 51.4 Å². The number of benzene rings is 1. The second kappa shape index (κ2) is 8.47. The van der Waals surface area contributed by atoms with Gasteiger partial charge in [-0.25, -0.2) is 4.98 Å². The highest BCUT2D eigenvalue weighted by molar-refractivity contribution is 7.18. The van der Waals surface area contributed by atoms with Crippen LogP contribution in [0.5, 0.6) is 5.75 Å². The van der Waals surface area contributed by atoms with E-state index in [1.54, 1.807) is 18.0 Å². The number of carbonyl (C=O) groups excluding carboxylic acids is 1. The molecule has 7 nitrogen and oxygen atoms in total. The van der Waals surface area contributed by atoms with Crippen LogP contribution in [0.4, 0.5) is 5.69 Å². The molecule has 30 heavy (non-hydrogen) atoms. The largest absolute Gasteiger partial charge is 0.495 e. The van der Waals surface area contributed by atoms with Gasteiger partial charge in [-0.1, -0.05) is 12.1 Å². The first kappa shape index (κ1) is 20.4. The second-order valence-corrected chi connectivity index (χ2v) is 8.70. The van der Waals surface area contributed by atoms with Gasteiger partial charge in [0.2, 0.25) is 5.91 Å². The zero-order chi connectivity index (χ0) is 21.3. The summed E-state index contributed by atoms with van der Waals surface area (Å²) in [6.07, 6.45) is 1.86. The molecule has 0 unspecified atom stereocenters. The van der Waals surface area contributed by atoms with E-state index in [1.165, 1.54) is 11.3 Å². The summed E-state index contributed by atoms with van der Waals surface area (Å²) in [5.41, 5.74) is 1.98. The van der Waals surface area contributed by atoms with Crippen molar-refractivity contribution in [2.75, 3.05) is 38.2 Å². The van der Waals surface area contributed by atoms with Gasteiger partial charge in [0.05, 0.1) is 24.5 Å². The average Bonchev–Trinajstić information content (AvgIpc) is 3.07. The minimum atomic E-state index is -0.0596. The Bertz CT molecular complexity index is 1130. The van der Waals surface area contributed by atoms with Crippen molar-refractivity contribution in [2.24, 2.45) is 0 Å². The van der Waals surface area contributed by atoms with E-state index in [4.69, 9.17) is 4.74 Å². The lowest BCUT2D eigenvalue weighted by atomic mass is 10.2. The molecule has 0 radical (unpaired) electrons. The molecule has 0 saturated carbocycles. The lowest BCUT2D eigenvalue weighted by Crippen LogP contribution is -2.49. The Morgan fingerprint density at radius 2 is 1.90 bits per heavy atom. The highest BCUT2D eigenvalue weighted by Crippen LogP contribution is 2.28. The number of piperazine rings is 1. The van der Waals surface area contributed by atoms with Gasteiger partial charge in [0, 0.05) is 44.0 Å². The molecule has 4 rings (SSSR count). The van der Waals surface area contributed by atoms with Crippen molar-refractivity contribution < 1.29 is 9.53 Å². The summed E-state index contributed by atoms with van der Waals surface area (Å²) in [4.78, 5) is 35.9.